The molecule has 0 saturated heterocycles. The molecule has 0 spiro atoms. The summed E-state index contributed by atoms with van der Waals surface area (Å²) in [5, 5.41) is 14.3. The number of benzene rings is 1. The average Bonchev–Trinajstić information content (AvgIpc) is 2.40. The number of halogens is 1. The third-order valence-corrected chi connectivity index (χ3v) is 4.93. The molecule has 104 valence electrons. The number of fused-ring (bicyclic) bond motifs is 1. The van der Waals surface area contributed by atoms with E-state index in [0.717, 1.165) is 15.8 Å². The zero-order valence-electron chi connectivity index (χ0n) is 10.6. The minimum Gasteiger partial charge on any atom is -0.395 e. The number of hydrogen-bond donors (Lipinski definition) is 3. The highest BCUT2D eigenvalue weighted by Gasteiger charge is 2.28. The second-order valence-corrected chi connectivity index (χ2v) is 6.55. The molecule has 0 bridgehead atoms. The molecule has 0 aromatic heterocycles. The number of amides is 2. The fourth-order valence-corrected chi connectivity index (χ4v) is 3.63. The summed E-state index contributed by atoms with van der Waals surface area (Å²) in [6, 6.07) is 5.94. The van der Waals surface area contributed by atoms with E-state index in [1.54, 1.807) is 0 Å². The minimum absolute atomic E-state index is 0.00689. The molecule has 0 saturated carbocycles. The Balaban J connectivity index is 2.15. The van der Waals surface area contributed by atoms with E-state index in [9.17, 15) is 4.79 Å². The molecule has 1 aliphatic rings. The minimum atomic E-state index is -0.233. The van der Waals surface area contributed by atoms with Crippen LogP contribution in [0.5, 0.6) is 0 Å². The molecule has 1 heterocycles. The van der Waals surface area contributed by atoms with Crippen molar-refractivity contribution in [3.05, 3.63) is 28.2 Å². The van der Waals surface area contributed by atoms with Crippen LogP contribution in [0.3, 0.4) is 0 Å². The number of aliphatic hydroxyl groups excluding tert-OH is 1. The van der Waals surface area contributed by atoms with Gasteiger partial charge < -0.3 is 15.7 Å². The predicted molar refractivity (Wildman–Crippen MR) is 80.4 cm³/mol. The first kappa shape index (κ1) is 14.7. The Morgan fingerprint density at radius 1 is 1.58 bits per heavy atom. The van der Waals surface area contributed by atoms with E-state index in [2.05, 4.69) is 45.6 Å². The van der Waals surface area contributed by atoms with Gasteiger partial charge in [0.05, 0.1) is 12.6 Å². The number of rotatable bonds is 3. The molecule has 1 aromatic carbocycles. The van der Waals surface area contributed by atoms with Crippen molar-refractivity contribution < 1.29 is 9.90 Å². The fourth-order valence-electron chi connectivity index (χ4n) is 2.10. The molecule has 3 N–H and O–H groups in total. The monoisotopic (exact) mass is 344 g/mol. The van der Waals surface area contributed by atoms with Crippen molar-refractivity contribution in [1.29, 1.82) is 0 Å². The van der Waals surface area contributed by atoms with E-state index in [0.29, 0.717) is 5.92 Å². The molecule has 0 fully saturated rings. The summed E-state index contributed by atoms with van der Waals surface area (Å²) >= 11 is 5.30. The summed E-state index contributed by atoms with van der Waals surface area (Å²) in [5.41, 5.74) is 1.15. The first-order valence-electron chi connectivity index (χ1n) is 6.19. The topological polar surface area (TPSA) is 61.4 Å². The Bertz CT molecular complexity index is 470. The molecule has 6 heteroatoms. The standard InChI is InChI=1S/C13H17BrN2O2S/c1-8-7-19-11-3-2-9(14)6-10(11)12(8)16-13(18)15-4-5-17/h2-3,6,8,12,17H,4-5,7H2,1H3,(H2,15,16,18). The van der Waals surface area contributed by atoms with Gasteiger partial charge in [-0.15, -0.1) is 11.8 Å². The van der Waals surface area contributed by atoms with Crippen molar-refractivity contribution >= 4 is 33.7 Å². The van der Waals surface area contributed by atoms with Crippen molar-refractivity contribution in [3.8, 4) is 0 Å². The van der Waals surface area contributed by atoms with Crippen LogP contribution in [0.1, 0.15) is 18.5 Å². The smallest absolute Gasteiger partial charge is 0.315 e. The van der Waals surface area contributed by atoms with Crippen molar-refractivity contribution in [3.63, 3.8) is 0 Å². The summed E-state index contributed by atoms with van der Waals surface area (Å²) in [6.45, 7) is 2.35. The van der Waals surface area contributed by atoms with Crippen LogP contribution in [-0.2, 0) is 0 Å². The SMILES string of the molecule is CC1CSc2ccc(Br)cc2C1NC(=O)NCCO. The summed E-state index contributed by atoms with van der Waals surface area (Å²) in [5.74, 6) is 1.35. The molecule has 2 atom stereocenters. The van der Waals surface area contributed by atoms with Gasteiger partial charge in [-0.3, -0.25) is 0 Å². The van der Waals surface area contributed by atoms with E-state index in [1.165, 1.54) is 4.90 Å². The Labute approximate surface area is 125 Å². The van der Waals surface area contributed by atoms with Crippen LogP contribution >= 0.6 is 27.7 Å². The number of carbonyl (C=O) groups excluding carboxylic acids is 1. The predicted octanol–water partition coefficient (Wildman–Crippen LogP) is 2.52. The summed E-state index contributed by atoms with van der Waals surface area (Å²) in [6.07, 6.45) is 0. The second kappa shape index (κ2) is 6.63. The Morgan fingerprint density at radius 2 is 2.37 bits per heavy atom. The Hall–Kier alpha value is -0.720. The first-order chi connectivity index (χ1) is 9.11. The maximum Gasteiger partial charge on any atom is 0.315 e. The summed E-state index contributed by atoms with van der Waals surface area (Å²) in [7, 11) is 0. The Kier molecular flexibility index (Phi) is 5.13. The molecule has 4 nitrogen and oxygen atoms in total. The van der Waals surface area contributed by atoms with Crippen LogP contribution < -0.4 is 10.6 Å². The number of hydrogen-bond acceptors (Lipinski definition) is 3. The van der Waals surface area contributed by atoms with Gasteiger partial charge in [0, 0.05) is 21.7 Å². The maximum absolute atomic E-state index is 11.8. The lowest BCUT2D eigenvalue weighted by atomic mass is 9.95. The van der Waals surface area contributed by atoms with Gasteiger partial charge in [0.15, 0.2) is 0 Å². The number of nitrogens with one attached hydrogen (secondary N) is 2. The van der Waals surface area contributed by atoms with Crippen LogP contribution in [0.4, 0.5) is 4.79 Å². The number of aliphatic hydroxyl groups is 1. The first-order valence-corrected chi connectivity index (χ1v) is 7.97. The molecule has 0 radical (unpaired) electrons. The van der Waals surface area contributed by atoms with E-state index in [1.807, 2.05) is 17.8 Å². The summed E-state index contributed by atoms with van der Waals surface area (Å²) in [4.78, 5) is 13.0. The van der Waals surface area contributed by atoms with E-state index >= 15 is 0 Å². The third kappa shape index (κ3) is 3.64. The quantitative estimate of drug-likeness (QED) is 0.789. The van der Waals surface area contributed by atoms with Crippen molar-refractivity contribution in [2.75, 3.05) is 18.9 Å². The van der Waals surface area contributed by atoms with Crippen LogP contribution in [0.25, 0.3) is 0 Å². The second-order valence-electron chi connectivity index (χ2n) is 4.57. The van der Waals surface area contributed by atoms with Gasteiger partial charge in [-0.1, -0.05) is 22.9 Å². The molecule has 1 aliphatic heterocycles. The third-order valence-electron chi connectivity index (χ3n) is 3.06. The van der Waals surface area contributed by atoms with E-state index in [-0.39, 0.29) is 25.2 Å². The highest BCUT2D eigenvalue weighted by atomic mass is 79.9. The molecule has 0 aliphatic carbocycles. The van der Waals surface area contributed by atoms with Gasteiger partial charge >= 0.3 is 6.03 Å². The van der Waals surface area contributed by atoms with Crippen LogP contribution in [0.2, 0.25) is 0 Å². The van der Waals surface area contributed by atoms with Crippen molar-refractivity contribution in [2.24, 2.45) is 5.92 Å². The largest absolute Gasteiger partial charge is 0.395 e. The van der Waals surface area contributed by atoms with E-state index in [4.69, 9.17) is 5.11 Å². The molecular weight excluding hydrogens is 328 g/mol. The molecular formula is C13H17BrN2O2S. The fraction of sp³-hybridized carbons (Fsp3) is 0.462. The molecule has 19 heavy (non-hydrogen) atoms. The van der Waals surface area contributed by atoms with Gasteiger partial charge in [-0.05, 0) is 29.7 Å². The van der Waals surface area contributed by atoms with Gasteiger partial charge in [0.1, 0.15) is 0 Å². The molecule has 1 aromatic rings. The lowest BCUT2D eigenvalue weighted by molar-refractivity contribution is 0.227. The van der Waals surface area contributed by atoms with Crippen LogP contribution in [-0.4, -0.2) is 30.0 Å². The Morgan fingerprint density at radius 3 is 3.11 bits per heavy atom. The van der Waals surface area contributed by atoms with Gasteiger partial charge in [-0.25, -0.2) is 4.79 Å². The van der Waals surface area contributed by atoms with Gasteiger partial charge in [0.25, 0.3) is 0 Å². The number of carbonyl (C=O) groups is 1. The van der Waals surface area contributed by atoms with Gasteiger partial charge in [-0.2, -0.15) is 0 Å². The number of thioether (sulfide) groups is 1. The van der Waals surface area contributed by atoms with Gasteiger partial charge in [0.2, 0.25) is 0 Å². The lowest BCUT2D eigenvalue weighted by Crippen LogP contribution is -2.42. The van der Waals surface area contributed by atoms with E-state index < -0.39 is 0 Å². The molecule has 2 amide bonds. The normalized spacial score (nSPS) is 21.6. The lowest BCUT2D eigenvalue weighted by Gasteiger charge is -2.31. The van der Waals surface area contributed by atoms with Crippen LogP contribution in [0.15, 0.2) is 27.6 Å². The van der Waals surface area contributed by atoms with Crippen LogP contribution in [0, 0.1) is 5.92 Å². The highest BCUT2D eigenvalue weighted by Crippen LogP contribution is 2.40. The highest BCUT2D eigenvalue weighted by molar-refractivity contribution is 9.10. The number of urea groups is 1. The molecule has 2 rings (SSSR count). The van der Waals surface area contributed by atoms with Crippen molar-refractivity contribution in [2.45, 2.75) is 17.9 Å². The summed E-state index contributed by atoms with van der Waals surface area (Å²) < 4.78 is 1.02. The maximum atomic E-state index is 11.8. The van der Waals surface area contributed by atoms with Crippen molar-refractivity contribution in [1.82, 2.24) is 10.6 Å². The molecule has 2 unspecified atom stereocenters. The average molecular weight is 345 g/mol. The zero-order chi connectivity index (χ0) is 13.8. The zero-order valence-corrected chi connectivity index (χ0v) is 13.1.